The number of anilines is 1. The summed E-state index contributed by atoms with van der Waals surface area (Å²) in [5.41, 5.74) is 0.837. The molecule has 0 bridgehead atoms. The molecule has 0 aliphatic carbocycles. The Bertz CT molecular complexity index is 861. The molecule has 1 N–H and O–H groups in total. The maximum Gasteiger partial charge on any atom is 0.269 e. The number of carbonyl (C=O) groups excluding carboxylic acids is 1. The first-order valence-electron chi connectivity index (χ1n) is 7.71. The molecule has 0 fully saturated rings. The van der Waals surface area contributed by atoms with Crippen LogP contribution >= 0.6 is 27.3 Å². The van der Waals surface area contributed by atoms with Gasteiger partial charge in [-0.2, -0.15) is 0 Å². The lowest BCUT2D eigenvalue weighted by molar-refractivity contribution is -0.128. The number of carbonyl (C=O) groups is 1. The second kappa shape index (κ2) is 7.37. The van der Waals surface area contributed by atoms with E-state index in [4.69, 9.17) is 4.74 Å². The van der Waals surface area contributed by atoms with Crippen LogP contribution in [0.4, 0.5) is 5.13 Å². The smallest absolute Gasteiger partial charge is 0.269 e. The molecule has 0 aliphatic heterocycles. The van der Waals surface area contributed by atoms with Gasteiger partial charge < -0.3 is 4.74 Å². The summed E-state index contributed by atoms with van der Waals surface area (Å²) in [5, 5.41) is 5.31. The van der Waals surface area contributed by atoms with E-state index in [0.29, 0.717) is 10.9 Å². The number of hydrogen-bond donors (Lipinski definition) is 1. The number of ether oxygens (including phenoxy) is 1. The summed E-state index contributed by atoms with van der Waals surface area (Å²) < 4.78 is 6.78. The summed E-state index contributed by atoms with van der Waals surface area (Å²) in [5.74, 6) is 0.386. The van der Waals surface area contributed by atoms with E-state index in [0.717, 1.165) is 15.7 Å². The molecule has 0 spiro atoms. The zero-order valence-corrected chi connectivity index (χ0v) is 16.2. The highest BCUT2D eigenvalue weighted by molar-refractivity contribution is 9.10. The first kappa shape index (κ1) is 17.6. The minimum absolute atomic E-state index is 0.246. The third-order valence-electron chi connectivity index (χ3n) is 3.53. The van der Waals surface area contributed by atoms with Gasteiger partial charge in [0.2, 0.25) is 0 Å². The Morgan fingerprint density at radius 3 is 2.48 bits per heavy atom. The first-order valence-corrected chi connectivity index (χ1v) is 9.38. The number of halogens is 1. The standard InChI is InChI=1S/C19H17BrN2O2S/c1-19(2,24-15-10-8-14(20)9-11-15)17(23)22-18-21-16(12-25-18)13-6-4-3-5-7-13/h3-12H,1-2H3,(H,21,22,23). The van der Waals surface area contributed by atoms with E-state index in [1.54, 1.807) is 13.8 Å². The van der Waals surface area contributed by atoms with Crippen LogP contribution in [0, 0.1) is 0 Å². The van der Waals surface area contributed by atoms with Crippen molar-refractivity contribution in [3.63, 3.8) is 0 Å². The summed E-state index contributed by atoms with van der Waals surface area (Å²) >= 11 is 4.77. The number of benzene rings is 2. The SMILES string of the molecule is CC(C)(Oc1ccc(Br)cc1)C(=O)Nc1nc(-c2ccccc2)cs1. The number of amides is 1. The Balaban J connectivity index is 1.68. The number of nitrogens with zero attached hydrogens (tertiary/aromatic N) is 1. The van der Waals surface area contributed by atoms with Gasteiger partial charge in [-0.25, -0.2) is 4.98 Å². The minimum atomic E-state index is -1.02. The Hall–Kier alpha value is -2.18. The van der Waals surface area contributed by atoms with Crippen molar-refractivity contribution in [2.45, 2.75) is 19.4 Å². The van der Waals surface area contributed by atoms with E-state index in [9.17, 15) is 4.79 Å². The molecule has 0 saturated carbocycles. The Morgan fingerprint density at radius 2 is 1.80 bits per heavy atom. The second-order valence-corrected chi connectivity index (χ2v) is 7.70. The minimum Gasteiger partial charge on any atom is -0.478 e. The third-order valence-corrected chi connectivity index (χ3v) is 4.81. The number of rotatable bonds is 5. The predicted molar refractivity (Wildman–Crippen MR) is 105 cm³/mol. The third kappa shape index (κ3) is 4.46. The molecule has 1 aromatic heterocycles. The lowest BCUT2D eigenvalue weighted by Gasteiger charge is -2.24. The predicted octanol–water partition coefficient (Wildman–Crippen LogP) is 5.37. The van der Waals surface area contributed by atoms with Gasteiger partial charge >= 0.3 is 0 Å². The maximum atomic E-state index is 12.6. The molecule has 0 radical (unpaired) electrons. The average molecular weight is 417 g/mol. The van der Waals surface area contributed by atoms with Crippen molar-refractivity contribution < 1.29 is 9.53 Å². The van der Waals surface area contributed by atoms with E-state index in [-0.39, 0.29) is 5.91 Å². The van der Waals surface area contributed by atoms with Crippen LogP contribution in [-0.4, -0.2) is 16.5 Å². The molecule has 2 aromatic carbocycles. The molecule has 0 atom stereocenters. The summed E-state index contributed by atoms with van der Waals surface area (Å²) in [6.45, 7) is 3.46. The van der Waals surface area contributed by atoms with Crippen LogP contribution in [0.2, 0.25) is 0 Å². The van der Waals surface area contributed by atoms with Crippen molar-refractivity contribution in [3.05, 3.63) is 64.5 Å². The lowest BCUT2D eigenvalue weighted by atomic mass is 10.1. The Labute approximate surface area is 159 Å². The van der Waals surface area contributed by atoms with E-state index in [1.807, 2.05) is 60.0 Å². The van der Waals surface area contributed by atoms with Gasteiger partial charge in [0, 0.05) is 15.4 Å². The average Bonchev–Trinajstić information content (AvgIpc) is 3.06. The normalized spacial score (nSPS) is 11.2. The van der Waals surface area contributed by atoms with Gasteiger partial charge in [0.25, 0.3) is 5.91 Å². The van der Waals surface area contributed by atoms with Gasteiger partial charge in [-0.15, -0.1) is 11.3 Å². The molecule has 25 heavy (non-hydrogen) atoms. The molecular weight excluding hydrogens is 400 g/mol. The first-order chi connectivity index (χ1) is 11.9. The molecule has 4 nitrogen and oxygen atoms in total. The number of hydrogen-bond acceptors (Lipinski definition) is 4. The van der Waals surface area contributed by atoms with Crippen LogP contribution in [0.3, 0.4) is 0 Å². The van der Waals surface area contributed by atoms with Crippen molar-refractivity contribution in [2.24, 2.45) is 0 Å². The number of nitrogens with one attached hydrogen (secondary N) is 1. The molecule has 3 aromatic rings. The highest BCUT2D eigenvalue weighted by atomic mass is 79.9. The van der Waals surface area contributed by atoms with Gasteiger partial charge in [-0.05, 0) is 38.1 Å². The van der Waals surface area contributed by atoms with Crippen molar-refractivity contribution in [1.82, 2.24) is 4.98 Å². The van der Waals surface area contributed by atoms with Crippen LogP contribution in [0.15, 0.2) is 64.5 Å². The molecular formula is C19H17BrN2O2S. The maximum absolute atomic E-state index is 12.6. The molecule has 6 heteroatoms. The van der Waals surface area contributed by atoms with E-state index in [1.165, 1.54) is 11.3 Å². The van der Waals surface area contributed by atoms with Crippen LogP contribution in [0.5, 0.6) is 5.75 Å². The molecule has 0 unspecified atom stereocenters. The molecule has 0 saturated heterocycles. The molecule has 1 amide bonds. The Morgan fingerprint density at radius 1 is 1.12 bits per heavy atom. The van der Waals surface area contributed by atoms with Crippen molar-refractivity contribution >= 4 is 38.3 Å². The zero-order chi connectivity index (χ0) is 17.9. The van der Waals surface area contributed by atoms with Crippen molar-refractivity contribution in [2.75, 3.05) is 5.32 Å². The summed E-state index contributed by atoms with van der Waals surface area (Å²) in [6, 6.07) is 17.2. The lowest BCUT2D eigenvalue weighted by Crippen LogP contribution is -2.42. The largest absolute Gasteiger partial charge is 0.478 e. The highest BCUT2D eigenvalue weighted by Crippen LogP contribution is 2.26. The Kier molecular flexibility index (Phi) is 5.20. The van der Waals surface area contributed by atoms with Gasteiger partial charge in [0.1, 0.15) is 5.75 Å². The van der Waals surface area contributed by atoms with Gasteiger partial charge in [-0.1, -0.05) is 46.3 Å². The highest BCUT2D eigenvalue weighted by Gasteiger charge is 2.30. The van der Waals surface area contributed by atoms with Gasteiger partial charge in [0.15, 0.2) is 10.7 Å². The number of aromatic nitrogens is 1. The topological polar surface area (TPSA) is 51.2 Å². The summed E-state index contributed by atoms with van der Waals surface area (Å²) in [6.07, 6.45) is 0. The van der Waals surface area contributed by atoms with Gasteiger partial charge in [0.05, 0.1) is 5.69 Å². The van der Waals surface area contributed by atoms with Crippen molar-refractivity contribution in [3.8, 4) is 17.0 Å². The van der Waals surface area contributed by atoms with Crippen LogP contribution in [0.25, 0.3) is 11.3 Å². The van der Waals surface area contributed by atoms with Crippen molar-refractivity contribution in [1.29, 1.82) is 0 Å². The molecule has 128 valence electrons. The fourth-order valence-electron chi connectivity index (χ4n) is 2.16. The number of thiazole rings is 1. The van der Waals surface area contributed by atoms with Crippen LogP contribution in [0.1, 0.15) is 13.8 Å². The van der Waals surface area contributed by atoms with E-state index >= 15 is 0 Å². The second-order valence-electron chi connectivity index (χ2n) is 5.92. The molecule has 3 rings (SSSR count). The van der Waals surface area contributed by atoms with Gasteiger partial charge in [-0.3, -0.25) is 10.1 Å². The monoisotopic (exact) mass is 416 g/mol. The fourth-order valence-corrected chi connectivity index (χ4v) is 3.14. The van der Waals surface area contributed by atoms with E-state index in [2.05, 4.69) is 26.2 Å². The summed E-state index contributed by atoms with van der Waals surface area (Å²) in [4.78, 5) is 17.0. The molecule has 0 aliphatic rings. The zero-order valence-electron chi connectivity index (χ0n) is 13.8. The molecule has 1 heterocycles. The van der Waals surface area contributed by atoms with Crippen LogP contribution in [-0.2, 0) is 4.79 Å². The summed E-state index contributed by atoms with van der Waals surface area (Å²) in [7, 11) is 0. The van der Waals surface area contributed by atoms with Crippen LogP contribution < -0.4 is 10.1 Å². The fraction of sp³-hybridized carbons (Fsp3) is 0.158. The quantitative estimate of drug-likeness (QED) is 0.608. The van der Waals surface area contributed by atoms with E-state index < -0.39 is 5.60 Å².